The van der Waals surface area contributed by atoms with Crippen molar-refractivity contribution in [3.05, 3.63) is 30.5 Å². The highest BCUT2D eigenvalue weighted by Crippen LogP contribution is 2.25. The number of hydrogen-bond acceptors (Lipinski definition) is 1. The van der Waals surface area contributed by atoms with Crippen LogP contribution >= 0.6 is 0 Å². The molecule has 62 valence electrons. The average Bonchev–Trinajstić information content (AvgIpc) is 2.48. The number of aromatic nitrogens is 1. The number of nitrogens with zero attached hydrogens (tertiary/aromatic N) is 1. The van der Waals surface area contributed by atoms with E-state index < -0.39 is 0 Å². The molecule has 2 rings (SSSR count). The Morgan fingerprint density at radius 3 is 2.92 bits per heavy atom. The van der Waals surface area contributed by atoms with E-state index in [1.807, 2.05) is 6.07 Å². The maximum atomic E-state index is 12.9. The van der Waals surface area contributed by atoms with Crippen LogP contribution in [0.25, 0.3) is 10.9 Å². The van der Waals surface area contributed by atoms with Crippen molar-refractivity contribution in [3.8, 4) is 5.75 Å². The summed E-state index contributed by atoms with van der Waals surface area (Å²) in [6, 6.07) is 6.96. The molecule has 0 aliphatic heterocycles. The van der Waals surface area contributed by atoms with Crippen LogP contribution in [0.5, 0.6) is 5.75 Å². The van der Waals surface area contributed by atoms with Crippen LogP contribution in [0.15, 0.2) is 30.5 Å². The SMILES string of the molecule is COc1cccc2c1ccn2F. The minimum absolute atomic E-state index is 0.536. The van der Waals surface area contributed by atoms with Crippen LogP contribution in [-0.2, 0) is 0 Å². The van der Waals surface area contributed by atoms with Gasteiger partial charge in [-0.1, -0.05) is 10.5 Å². The molecule has 0 bridgehead atoms. The lowest BCUT2D eigenvalue weighted by Gasteiger charge is -1.99. The van der Waals surface area contributed by atoms with Crippen molar-refractivity contribution >= 4 is 10.9 Å². The zero-order valence-corrected chi connectivity index (χ0v) is 6.62. The maximum Gasteiger partial charge on any atom is 0.128 e. The molecule has 3 heteroatoms. The van der Waals surface area contributed by atoms with Crippen LogP contribution in [-0.4, -0.2) is 11.9 Å². The van der Waals surface area contributed by atoms with Crippen LogP contribution in [0, 0.1) is 0 Å². The van der Waals surface area contributed by atoms with Gasteiger partial charge in [0, 0.05) is 11.6 Å². The molecular formula is C9H8FNO. The molecule has 0 fully saturated rings. The van der Waals surface area contributed by atoms with Gasteiger partial charge in [0.05, 0.1) is 12.6 Å². The van der Waals surface area contributed by atoms with E-state index in [2.05, 4.69) is 0 Å². The molecule has 0 atom stereocenters. The van der Waals surface area contributed by atoms with E-state index in [4.69, 9.17) is 4.74 Å². The van der Waals surface area contributed by atoms with E-state index in [1.54, 1.807) is 25.3 Å². The number of benzene rings is 1. The lowest BCUT2D eigenvalue weighted by atomic mass is 10.2. The van der Waals surface area contributed by atoms with Crippen molar-refractivity contribution in [2.45, 2.75) is 0 Å². The average molecular weight is 165 g/mol. The highest BCUT2D eigenvalue weighted by molar-refractivity contribution is 5.86. The van der Waals surface area contributed by atoms with Gasteiger partial charge < -0.3 is 4.74 Å². The molecule has 0 saturated carbocycles. The molecule has 2 aromatic rings. The number of ether oxygens (including phenoxy) is 1. The Balaban J connectivity index is 2.81. The van der Waals surface area contributed by atoms with Gasteiger partial charge in [0.2, 0.25) is 0 Å². The lowest BCUT2D eigenvalue weighted by molar-refractivity contribution is 0.387. The quantitative estimate of drug-likeness (QED) is 0.632. The van der Waals surface area contributed by atoms with Gasteiger partial charge in [0.15, 0.2) is 0 Å². The molecular weight excluding hydrogens is 157 g/mol. The van der Waals surface area contributed by atoms with E-state index in [0.717, 1.165) is 5.39 Å². The summed E-state index contributed by atoms with van der Waals surface area (Å²) < 4.78 is 18.0. The zero-order chi connectivity index (χ0) is 8.55. The van der Waals surface area contributed by atoms with E-state index >= 15 is 0 Å². The molecule has 1 heterocycles. The molecule has 0 saturated heterocycles. The third kappa shape index (κ3) is 0.863. The molecule has 0 spiro atoms. The largest absolute Gasteiger partial charge is 0.496 e. The number of halogens is 1. The van der Waals surface area contributed by atoms with Crippen LogP contribution in [0.3, 0.4) is 0 Å². The zero-order valence-electron chi connectivity index (χ0n) is 6.62. The fourth-order valence-corrected chi connectivity index (χ4v) is 1.28. The standard InChI is InChI=1S/C9H8FNO/c1-12-9-4-2-3-8-7(9)5-6-11(8)10/h2-6H,1H3. The van der Waals surface area contributed by atoms with Crippen LogP contribution in [0.4, 0.5) is 4.48 Å². The van der Waals surface area contributed by atoms with Crippen LogP contribution < -0.4 is 4.74 Å². The first-order valence-electron chi connectivity index (χ1n) is 3.63. The summed E-state index contributed by atoms with van der Waals surface area (Å²) in [5.41, 5.74) is 0.536. The minimum Gasteiger partial charge on any atom is -0.496 e. The Morgan fingerprint density at radius 1 is 1.33 bits per heavy atom. The van der Waals surface area contributed by atoms with E-state index in [1.165, 1.54) is 6.20 Å². The summed E-state index contributed by atoms with van der Waals surface area (Å²) in [5.74, 6) is 0.698. The highest BCUT2D eigenvalue weighted by atomic mass is 19.2. The first-order valence-corrected chi connectivity index (χ1v) is 3.63. The Labute approximate surface area is 69.1 Å². The second-order valence-electron chi connectivity index (χ2n) is 2.52. The Kier molecular flexibility index (Phi) is 1.50. The van der Waals surface area contributed by atoms with Gasteiger partial charge in [-0.05, 0) is 18.2 Å². The summed E-state index contributed by atoms with van der Waals surface area (Å²) in [6.07, 6.45) is 1.37. The fourth-order valence-electron chi connectivity index (χ4n) is 1.28. The summed E-state index contributed by atoms with van der Waals surface area (Å²) in [7, 11) is 1.57. The Morgan fingerprint density at radius 2 is 2.17 bits per heavy atom. The van der Waals surface area contributed by atoms with E-state index in [0.29, 0.717) is 16.1 Å². The third-order valence-corrected chi connectivity index (χ3v) is 1.87. The van der Waals surface area contributed by atoms with Gasteiger partial charge in [0.25, 0.3) is 0 Å². The Bertz CT molecular complexity index is 408. The highest BCUT2D eigenvalue weighted by Gasteiger charge is 2.03. The van der Waals surface area contributed by atoms with E-state index in [9.17, 15) is 4.48 Å². The Hall–Kier alpha value is -1.51. The number of methoxy groups -OCH3 is 1. The number of fused-ring (bicyclic) bond motifs is 1. The summed E-state index contributed by atoms with van der Waals surface area (Å²) in [4.78, 5) is 0.581. The molecule has 0 amide bonds. The van der Waals surface area contributed by atoms with E-state index in [-0.39, 0.29) is 0 Å². The molecule has 0 aliphatic carbocycles. The van der Waals surface area contributed by atoms with Crippen molar-refractivity contribution in [2.24, 2.45) is 0 Å². The second-order valence-corrected chi connectivity index (χ2v) is 2.52. The van der Waals surface area contributed by atoms with Crippen molar-refractivity contribution < 1.29 is 9.22 Å². The summed E-state index contributed by atoms with van der Waals surface area (Å²) in [5, 5.41) is 0.794. The molecule has 0 unspecified atom stereocenters. The predicted molar refractivity (Wildman–Crippen MR) is 45.0 cm³/mol. The monoisotopic (exact) mass is 165 g/mol. The topological polar surface area (TPSA) is 14.2 Å². The molecule has 2 nitrogen and oxygen atoms in total. The molecule has 12 heavy (non-hydrogen) atoms. The second kappa shape index (κ2) is 2.52. The normalized spacial score (nSPS) is 10.5. The first-order chi connectivity index (χ1) is 5.83. The van der Waals surface area contributed by atoms with Gasteiger partial charge in [0.1, 0.15) is 5.75 Å². The van der Waals surface area contributed by atoms with Crippen molar-refractivity contribution in [2.75, 3.05) is 7.11 Å². The first kappa shape index (κ1) is 7.16. The molecule has 0 radical (unpaired) electrons. The van der Waals surface area contributed by atoms with Crippen molar-refractivity contribution in [1.82, 2.24) is 4.79 Å². The summed E-state index contributed by atoms with van der Waals surface area (Å²) >= 11 is 0. The predicted octanol–water partition coefficient (Wildman–Crippen LogP) is 2.38. The van der Waals surface area contributed by atoms with Gasteiger partial charge in [-0.3, -0.25) is 0 Å². The fraction of sp³-hybridized carbons (Fsp3) is 0.111. The van der Waals surface area contributed by atoms with Crippen molar-refractivity contribution in [1.29, 1.82) is 0 Å². The molecule has 0 aliphatic rings. The molecule has 1 aromatic carbocycles. The third-order valence-electron chi connectivity index (χ3n) is 1.87. The lowest BCUT2D eigenvalue weighted by Crippen LogP contribution is -1.83. The molecule has 1 aromatic heterocycles. The number of hydrogen-bond donors (Lipinski definition) is 0. The van der Waals surface area contributed by atoms with Gasteiger partial charge in [-0.15, -0.1) is 0 Å². The van der Waals surface area contributed by atoms with Gasteiger partial charge >= 0.3 is 0 Å². The van der Waals surface area contributed by atoms with Crippen LogP contribution in [0.1, 0.15) is 0 Å². The van der Waals surface area contributed by atoms with Crippen LogP contribution in [0.2, 0.25) is 0 Å². The maximum absolute atomic E-state index is 12.9. The van der Waals surface area contributed by atoms with Gasteiger partial charge in [-0.25, -0.2) is 0 Å². The number of rotatable bonds is 1. The van der Waals surface area contributed by atoms with Crippen molar-refractivity contribution in [3.63, 3.8) is 0 Å². The van der Waals surface area contributed by atoms with Gasteiger partial charge in [-0.2, -0.15) is 4.79 Å². The molecule has 0 N–H and O–H groups in total. The minimum atomic E-state index is 0.536. The smallest absolute Gasteiger partial charge is 0.128 e. The summed E-state index contributed by atoms with van der Waals surface area (Å²) in [6.45, 7) is 0.